The predicted molar refractivity (Wildman–Crippen MR) is 120 cm³/mol. The fourth-order valence-electron chi connectivity index (χ4n) is 4.07. The third kappa shape index (κ3) is 4.14. The van der Waals surface area contributed by atoms with Crippen molar-refractivity contribution < 1.29 is 23.4 Å². The van der Waals surface area contributed by atoms with Crippen molar-refractivity contribution in [1.82, 2.24) is 19.4 Å². The van der Waals surface area contributed by atoms with Crippen molar-refractivity contribution in [3.63, 3.8) is 0 Å². The highest BCUT2D eigenvalue weighted by Crippen LogP contribution is 2.28. The molecule has 0 saturated carbocycles. The molecule has 34 heavy (non-hydrogen) atoms. The average Bonchev–Trinajstić information content (AvgIpc) is 3.08. The van der Waals surface area contributed by atoms with Crippen LogP contribution in [0, 0.1) is 12.8 Å². The number of carboxylic acids is 1. The summed E-state index contributed by atoms with van der Waals surface area (Å²) in [5.74, 6) is -0.555. The van der Waals surface area contributed by atoms with Crippen LogP contribution in [0.2, 0.25) is 0 Å². The van der Waals surface area contributed by atoms with Crippen LogP contribution in [0.4, 0.5) is 14.7 Å². The molecule has 10 heteroatoms. The number of carboxylic acid groups (broad SMARTS) is 1. The van der Waals surface area contributed by atoms with Gasteiger partial charge < -0.3 is 19.1 Å². The first kappa shape index (κ1) is 21.7. The molecule has 5 rings (SSSR count). The lowest BCUT2D eigenvalue weighted by atomic mass is 10.0. The van der Waals surface area contributed by atoms with Crippen molar-refractivity contribution in [2.24, 2.45) is 5.92 Å². The topological polar surface area (TPSA) is 92.9 Å². The number of pyridine rings is 1. The summed E-state index contributed by atoms with van der Waals surface area (Å²) in [6.45, 7) is -0.219. The molecule has 0 atom stereocenters. The normalized spacial score (nSPS) is 13.9. The number of aliphatic carboxylic acids is 1. The number of hydrogen-bond acceptors (Lipinski definition) is 6. The minimum atomic E-state index is -2.90. The summed E-state index contributed by atoms with van der Waals surface area (Å²) in [6.07, 6.45) is 5.69. The fraction of sp³-hybridized carbons (Fsp3) is 0.250. The minimum Gasteiger partial charge on any atom is -0.481 e. The molecule has 1 fully saturated rings. The van der Waals surface area contributed by atoms with E-state index in [1.54, 1.807) is 30.6 Å². The zero-order valence-electron chi connectivity index (χ0n) is 18.2. The Kier molecular flexibility index (Phi) is 5.56. The molecule has 0 unspecified atom stereocenters. The number of nitrogens with zero attached hydrogens (tertiary/aromatic N) is 5. The molecule has 1 saturated heterocycles. The van der Waals surface area contributed by atoms with Gasteiger partial charge >= 0.3 is 12.6 Å². The molecular weight excluding hydrogens is 444 g/mol. The Morgan fingerprint density at radius 1 is 1.15 bits per heavy atom. The molecule has 0 spiro atoms. The smallest absolute Gasteiger partial charge is 0.387 e. The molecule has 4 heterocycles. The number of rotatable bonds is 7. The highest BCUT2D eigenvalue weighted by Gasteiger charge is 2.34. The average molecular weight is 465 g/mol. The molecule has 8 nitrogen and oxygen atoms in total. The van der Waals surface area contributed by atoms with E-state index in [1.807, 2.05) is 34.6 Å². The summed E-state index contributed by atoms with van der Waals surface area (Å²) in [7, 11) is 0. The summed E-state index contributed by atoms with van der Waals surface area (Å²) in [6, 6.07) is 10.5. The summed E-state index contributed by atoms with van der Waals surface area (Å²) in [5.41, 5.74) is 4.68. The van der Waals surface area contributed by atoms with E-state index in [9.17, 15) is 13.6 Å². The van der Waals surface area contributed by atoms with Crippen molar-refractivity contribution in [2.45, 2.75) is 20.0 Å². The second-order valence-corrected chi connectivity index (χ2v) is 8.16. The Balaban J connectivity index is 1.42. The number of benzene rings is 1. The largest absolute Gasteiger partial charge is 0.481 e. The number of alkyl halides is 2. The molecule has 0 amide bonds. The Morgan fingerprint density at radius 3 is 2.59 bits per heavy atom. The number of ether oxygens (including phenoxy) is 1. The van der Waals surface area contributed by atoms with E-state index >= 15 is 0 Å². The Hall–Kier alpha value is -4.08. The van der Waals surface area contributed by atoms with Crippen molar-refractivity contribution >= 4 is 17.6 Å². The van der Waals surface area contributed by atoms with Crippen molar-refractivity contribution in [2.75, 3.05) is 18.0 Å². The number of halogens is 2. The fourth-order valence-corrected chi connectivity index (χ4v) is 4.07. The van der Waals surface area contributed by atoms with E-state index in [4.69, 9.17) is 5.11 Å². The van der Waals surface area contributed by atoms with Crippen molar-refractivity contribution in [1.29, 1.82) is 0 Å². The lowest BCUT2D eigenvalue weighted by Crippen LogP contribution is -2.51. The van der Waals surface area contributed by atoms with Gasteiger partial charge in [0, 0.05) is 60.5 Å². The third-order valence-corrected chi connectivity index (χ3v) is 5.95. The third-order valence-electron chi connectivity index (χ3n) is 5.95. The van der Waals surface area contributed by atoms with Gasteiger partial charge in [-0.2, -0.15) is 8.78 Å². The maximum atomic E-state index is 12.8. The summed E-state index contributed by atoms with van der Waals surface area (Å²) >= 11 is 0. The predicted octanol–water partition coefficient (Wildman–Crippen LogP) is 3.81. The molecule has 1 aliphatic rings. The number of fused-ring (bicyclic) bond motifs is 1. The lowest BCUT2D eigenvalue weighted by molar-refractivity contribution is -0.142. The molecule has 0 bridgehead atoms. The zero-order valence-corrected chi connectivity index (χ0v) is 18.2. The first-order valence-electron chi connectivity index (χ1n) is 10.7. The van der Waals surface area contributed by atoms with Crippen LogP contribution in [0.25, 0.3) is 16.8 Å². The van der Waals surface area contributed by atoms with Gasteiger partial charge in [0.15, 0.2) is 0 Å². The second kappa shape index (κ2) is 8.69. The van der Waals surface area contributed by atoms with Crippen LogP contribution in [-0.2, 0) is 11.2 Å². The summed E-state index contributed by atoms with van der Waals surface area (Å²) in [4.78, 5) is 26.2. The number of anilines is 1. The molecule has 174 valence electrons. The molecular formula is C24H21F2N5O3. The minimum absolute atomic E-state index is 0.142. The molecule has 0 radical (unpaired) electrons. The molecule has 4 aromatic rings. The SMILES string of the molecule is Cc1nc2ccc(-c3cnc(N4CC(C(=O)O)C4)nc3)cn2c1Cc1ccccc1OC(F)F. The van der Waals surface area contributed by atoms with E-state index < -0.39 is 12.6 Å². The summed E-state index contributed by atoms with van der Waals surface area (Å²) < 4.78 is 32.3. The van der Waals surface area contributed by atoms with Crippen LogP contribution in [0.15, 0.2) is 55.0 Å². The molecule has 1 N–H and O–H groups in total. The first-order valence-corrected chi connectivity index (χ1v) is 10.7. The maximum Gasteiger partial charge on any atom is 0.387 e. The van der Waals surface area contributed by atoms with Gasteiger partial charge in [0.25, 0.3) is 0 Å². The van der Waals surface area contributed by atoms with E-state index in [2.05, 4.69) is 19.7 Å². The highest BCUT2D eigenvalue weighted by molar-refractivity contribution is 5.74. The van der Waals surface area contributed by atoms with Crippen LogP contribution >= 0.6 is 0 Å². The van der Waals surface area contributed by atoms with Crippen LogP contribution in [-0.4, -0.2) is 50.1 Å². The Bertz CT molecular complexity index is 1350. The number of aryl methyl sites for hydroxylation is 1. The van der Waals surface area contributed by atoms with Crippen molar-refractivity contribution in [3.8, 4) is 16.9 Å². The maximum absolute atomic E-state index is 12.8. The highest BCUT2D eigenvalue weighted by atomic mass is 19.3. The Labute approximate surface area is 193 Å². The second-order valence-electron chi connectivity index (χ2n) is 8.16. The number of aromatic nitrogens is 4. The summed E-state index contributed by atoms with van der Waals surface area (Å²) in [5, 5.41) is 9.03. The molecule has 3 aromatic heterocycles. The van der Waals surface area contributed by atoms with E-state index in [1.165, 1.54) is 6.07 Å². The van der Waals surface area contributed by atoms with Crippen LogP contribution in [0.1, 0.15) is 17.0 Å². The van der Waals surface area contributed by atoms with Gasteiger partial charge in [0.2, 0.25) is 5.95 Å². The molecule has 0 aliphatic carbocycles. The van der Waals surface area contributed by atoms with Gasteiger partial charge in [0.05, 0.1) is 11.6 Å². The van der Waals surface area contributed by atoms with E-state index in [0.717, 1.165) is 28.2 Å². The van der Waals surface area contributed by atoms with Gasteiger partial charge in [-0.1, -0.05) is 18.2 Å². The van der Waals surface area contributed by atoms with Crippen LogP contribution < -0.4 is 9.64 Å². The van der Waals surface area contributed by atoms with Gasteiger partial charge in [-0.15, -0.1) is 0 Å². The first-order chi connectivity index (χ1) is 16.4. The molecule has 1 aliphatic heterocycles. The number of para-hydroxylation sites is 1. The standard InChI is InChI=1S/C24H21F2N5O3/c1-14-19(8-15-4-2-3-5-20(15)34-23(25)26)31-13-16(6-7-21(31)29-14)17-9-27-24(28-10-17)30-11-18(12-30)22(32)33/h2-7,9-10,13,18,23H,8,11-12H2,1H3,(H,32,33). The van der Waals surface area contributed by atoms with Gasteiger partial charge in [0.1, 0.15) is 11.4 Å². The monoisotopic (exact) mass is 465 g/mol. The number of imidazole rings is 1. The van der Waals surface area contributed by atoms with Crippen LogP contribution in [0.3, 0.4) is 0 Å². The number of carbonyl (C=O) groups is 1. The van der Waals surface area contributed by atoms with Crippen molar-refractivity contribution in [3.05, 3.63) is 71.9 Å². The van der Waals surface area contributed by atoms with Gasteiger partial charge in [-0.3, -0.25) is 4.79 Å². The number of hydrogen-bond donors (Lipinski definition) is 1. The van der Waals surface area contributed by atoms with Gasteiger partial charge in [-0.25, -0.2) is 15.0 Å². The van der Waals surface area contributed by atoms with E-state index in [-0.39, 0.29) is 11.7 Å². The zero-order chi connectivity index (χ0) is 23.8. The molecule has 1 aromatic carbocycles. The van der Waals surface area contributed by atoms with E-state index in [0.29, 0.717) is 31.0 Å². The quantitative estimate of drug-likeness (QED) is 0.444. The van der Waals surface area contributed by atoms with Gasteiger partial charge in [-0.05, 0) is 25.1 Å². The lowest BCUT2D eigenvalue weighted by Gasteiger charge is -2.36. The Morgan fingerprint density at radius 2 is 1.88 bits per heavy atom. The van der Waals surface area contributed by atoms with Crippen LogP contribution in [0.5, 0.6) is 5.75 Å².